The molecule has 0 aromatic heterocycles. The molecule has 3 nitrogen and oxygen atoms in total. The molecule has 0 unspecified atom stereocenters. The number of nitrogens with zero attached hydrogens (tertiary/aromatic N) is 1. The second-order valence-corrected chi connectivity index (χ2v) is 4.90. The predicted octanol–water partition coefficient (Wildman–Crippen LogP) is 2.55. The van der Waals surface area contributed by atoms with E-state index >= 15 is 0 Å². The molecule has 0 atom stereocenters. The number of benzene rings is 1. The smallest absolute Gasteiger partial charge is 0.256 e. The lowest BCUT2D eigenvalue weighted by molar-refractivity contribution is -0.121. The van der Waals surface area contributed by atoms with E-state index in [-0.39, 0.29) is 11.7 Å². The molecule has 0 N–H and O–H groups in total. The van der Waals surface area contributed by atoms with Crippen LogP contribution in [-0.2, 0) is 4.79 Å². The number of piperidine rings is 1. The molecule has 1 aliphatic heterocycles. The summed E-state index contributed by atoms with van der Waals surface area (Å²) >= 11 is 0. The molecule has 0 aliphatic carbocycles. The second kappa shape index (κ2) is 5.64. The van der Waals surface area contributed by atoms with Crippen molar-refractivity contribution < 1.29 is 22.8 Å². The summed E-state index contributed by atoms with van der Waals surface area (Å²) in [6.45, 7) is 2.11. The first-order valence-electron chi connectivity index (χ1n) is 6.35. The third-order valence-corrected chi connectivity index (χ3v) is 3.62. The van der Waals surface area contributed by atoms with Crippen molar-refractivity contribution in [1.29, 1.82) is 0 Å². The number of carbonyl (C=O) groups is 2. The van der Waals surface area contributed by atoms with Gasteiger partial charge in [0, 0.05) is 19.0 Å². The lowest BCUT2D eigenvalue weighted by Crippen LogP contribution is -2.40. The number of likely N-dealkylation sites (tertiary alicyclic amines) is 1. The Morgan fingerprint density at radius 2 is 1.70 bits per heavy atom. The summed E-state index contributed by atoms with van der Waals surface area (Å²) in [6.07, 6.45) is 1.01. The minimum Gasteiger partial charge on any atom is -0.339 e. The Kier molecular flexibility index (Phi) is 4.11. The van der Waals surface area contributed by atoms with Gasteiger partial charge in [0.1, 0.15) is 5.78 Å². The lowest BCUT2D eigenvalue weighted by atomic mass is 9.93. The van der Waals surface area contributed by atoms with Gasteiger partial charge in [-0.15, -0.1) is 0 Å². The maximum absolute atomic E-state index is 13.6. The molecule has 1 aromatic carbocycles. The average molecular weight is 285 g/mol. The fourth-order valence-corrected chi connectivity index (χ4v) is 2.35. The minimum absolute atomic E-state index is 0.0658. The fourth-order valence-electron chi connectivity index (χ4n) is 2.35. The highest BCUT2D eigenvalue weighted by Crippen LogP contribution is 2.22. The van der Waals surface area contributed by atoms with E-state index in [0.29, 0.717) is 25.9 Å². The van der Waals surface area contributed by atoms with E-state index in [2.05, 4.69) is 0 Å². The van der Waals surface area contributed by atoms with E-state index in [1.807, 2.05) is 0 Å². The van der Waals surface area contributed by atoms with Gasteiger partial charge in [0.2, 0.25) is 0 Å². The zero-order chi connectivity index (χ0) is 14.9. The van der Waals surface area contributed by atoms with Gasteiger partial charge in [-0.1, -0.05) is 0 Å². The lowest BCUT2D eigenvalue weighted by Gasteiger charge is -2.31. The summed E-state index contributed by atoms with van der Waals surface area (Å²) in [5.41, 5.74) is -0.481. The van der Waals surface area contributed by atoms with Crippen molar-refractivity contribution >= 4 is 11.7 Å². The first kappa shape index (κ1) is 14.6. The van der Waals surface area contributed by atoms with Crippen LogP contribution in [-0.4, -0.2) is 29.7 Å². The van der Waals surface area contributed by atoms with Gasteiger partial charge in [0.15, 0.2) is 17.5 Å². The van der Waals surface area contributed by atoms with E-state index in [1.165, 1.54) is 11.8 Å². The first-order valence-corrected chi connectivity index (χ1v) is 6.35. The second-order valence-electron chi connectivity index (χ2n) is 4.90. The van der Waals surface area contributed by atoms with Crippen LogP contribution in [0, 0.1) is 23.4 Å². The molecule has 6 heteroatoms. The number of hydrogen-bond acceptors (Lipinski definition) is 2. The monoisotopic (exact) mass is 285 g/mol. The Hall–Kier alpha value is -1.85. The number of amides is 1. The fraction of sp³-hybridized carbons (Fsp3) is 0.429. The van der Waals surface area contributed by atoms with Crippen molar-refractivity contribution in [3.8, 4) is 0 Å². The molecular formula is C14H14F3NO2. The highest BCUT2D eigenvalue weighted by atomic mass is 19.2. The number of halogens is 3. The normalized spacial score (nSPS) is 16.3. The van der Waals surface area contributed by atoms with Gasteiger partial charge in [-0.25, -0.2) is 13.2 Å². The van der Waals surface area contributed by atoms with Gasteiger partial charge in [-0.2, -0.15) is 0 Å². The van der Waals surface area contributed by atoms with E-state index in [1.54, 1.807) is 0 Å². The van der Waals surface area contributed by atoms with Crippen molar-refractivity contribution in [2.24, 2.45) is 5.92 Å². The Bertz CT molecular complexity index is 552. The van der Waals surface area contributed by atoms with Gasteiger partial charge in [-0.05, 0) is 31.9 Å². The molecule has 1 fully saturated rings. The van der Waals surface area contributed by atoms with Gasteiger partial charge >= 0.3 is 0 Å². The summed E-state index contributed by atoms with van der Waals surface area (Å²) in [5.74, 6) is -5.14. The van der Waals surface area contributed by atoms with E-state index in [4.69, 9.17) is 0 Å². The van der Waals surface area contributed by atoms with Crippen LogP contribution in [0.3, 0.4) is 0 Å². The molecule has 108 valence electrons. The zero-order valence-corrected chi connectivity index (χ0v) is 11.0. The molecule has 0 radical (unpaired) electrons. The van der Waals surface area contributed by atoms with Crippen molar-refractivity contribution in [2.45, 2.75) is 19.8 Å². The van der Waals surface area contributed by atoms with E-state index in [9.17, 15) is 22.8 Å². The molecule has 2 rings (SSSR count). The molecule has 1 aliphatic rings. The van der Waals surface area contributed by atoms with Crippen LogP contribution in [0.25, 0.3) is 0 Å². The zero-order valence-electron chi connectivity index (χ0n) is 11.0. The van der Waals surface area contributed by atoms with E-state index in [0.717, 1.165) is 12.1 Å². The van der Waals surface area contributed by atoms with E-state index < -0.39 is 28.9 Å². The van der Waals surface area contributed by atoms with Crippen molar-refractivity contribution in [3.63, 3.8) is 0 Å². The van der Waals surface area contributed by atoms with Crippen LogP contribution in [0.2, 0.25) is 0 Å². The molecule has 1 heterocycles. The van der Waals surface area contributed by atoms with Gasteiger partial charge in [-0.3, -0.25) is 9.59 Å². The standard InChI is InChI=1S/C14H14F3NO2/c1-8(19)9-4-6-18(7-5-9)14(20)10-2-3-11(15)13(17)12(10)16/h2-3,9H,4-7H2,1H3. The summed E-state index contributed by atoms with van der Waals surface area (Å²) in [5, 5.41) is 0. The average Bonchev–Trinajstić information content (AvgIpc) is 2.44. The largest absolute Gasteiger partial charge is 0.339 e. The summed E-state index contributed by atoms with van der Waals surface area (Å²) in [6, 6.07) is 1.67. The van der Waals surface area contributed by atoms with Crippen LogP contribution >= 0.6 is 0 Å². The number of Topliss-reactive ketones (excluding diaryl/α,β-unsaturated/α-hetero) is 1. The van der Waals surface area contributed by atoms with Crippen molar-refractivity contribution in [1.82, 2.24) is 4.90 Å². The first-order chi connectivity index (χ1) is 9.41. The summed E-state index contributed by atoms with van der Waals surface area (Å²) in [4.78, 5) is 24.7. The predicted molar refractivity (Wildman–Crippen MR) is 65.6 cm³/mol. The molecule has 0 saturated carbocycles. The van der Waals surface area contributed by atoms with Crippen LogP contribution in [0.15, 0.2) is 12.1 Å². The number of carbonyl (C=O) groups excluding carboxylic acids is 2. The van der Waals surface area contributed by atoms with Crippen LogP contribution in [0.1, 0.15) is 30.1 Å². The van der Waals surface area contributed by atoms with Gasteiger partial charge in [0.25, 0.3) is 5.91 Å². The van der Waals surface area contributed by atoms with Crippen LogP contribution < -0.4 is 0 Å². The minimum atomic E-state index is -1.64. The molecular weight excluding hydrogens is 271 g/mol. The third-order valence-electron chi connectivity index (χ3n) is 3.62. The SMILES string of the molecule is CC(=O)C1CCN(C(=O)c2ccc(F)c(F)c2F)CC1. The molecule has 1 aromatic rings. The Labute approximate surface area is 114 Å². The number of hydrogen-bond donors (Lipinski definition) is 0. The Morgan fingerprint density at radius 3 is 2.25 bits per heavy atom. The third kappa shape index (κ3) is 2.69. The summed E-state index contributed by atoms with van der Waals surface area (Å²) in [7, 11) is 0. The topological polar surface area (TPSA) is 37.4 Å². The maximum Gasteiger partial charge on any atom is 0.256 e. The molecule has 1 saturated heterocycles. The van der Waals surface area contributed by atoms with Crippen LogP contribution in [0.5, 0.6) is 0 Å². The van der Waals surface area contributed by atoms with Crippen LogP contribution in [0.4, 0.5) is 13.2 Å². The molecule has 0 spiro atoms. The van der Waals surface area contributed by atoms with Gasteiger partial charge in [0.05, 0.1) is 5.56 Å². The highest BCUT2D eigenvalue weighted by Gasteiger charge is 2.28. The summed E-state index contributed by atoms with van der Waals surface area (Å²) < 4.78 is 39.5. The van der Waals surface area contributed by atoms with Crippen molar-refractivity contribution in [3.05, 3.63) is 35.1 Å². The molecule has 0 bridgehead atoms. The number of ketones is 1. The van der Waals surface area contributed by atoms with Crippen molar-refractivity contribution in [2.75, 3.05) is 13.1 Å². The Morgan fingerprint density at radius 1 is 1.10 bits per heavy atom. The highest BCUT2D eigenvalue weighted by molar-refractivity contribution is 5.94. The Balaban J connectivity index is 2.14. The number of rotatable bonds is 2. The maximum atomic E-state index is 13.6. The molecule has 1 amide bonds. The molecule has 20 heavy (non-hydrogen) atoms. The van der Waals surface area contributed by atoms with Gasteiger partial charge < -0.3 is 4.90 Å². The quantitative estimate of drug-likeness (QED) is 0.783.